The number of rotatable bonds is 3. The van der Waals surface area contributed by atoms with Gasteiger partial charge in [-0.15, -0.1) is 0 Å². The number of nitrogens with one attached hydrogen (secondary N) is 1. The van der Waals surface area contributed by atoms with Crippen LogP contribution in [0.4, 0.5) is 13.2 Å². The summed E-state index contributed by atoms with van der Waals surface area (Å²) in [6.07, 6.45) is -1.94. The summed E-state index contributed by atoms with van der Waals surface area (Å²) in [7, 11) is -4.74. The van der Waals surface area contributed by atoms with Gasteiger partial charge in [0.05, 0.1) is 0 Å². The molecule has 0 saturated carbocycles. The third-order valence-corrected chi connectivity index (χ3v) is 2.83. The zero-order valence-electron chi connectivity index (χ0n) is 6.98. The highest BCUT2D eigenvalue weighted by molar-refractivity contribution is 7.90. The van der Waals surface area contributed by atoms with Crippen molar-refractivity contribution in [1.29, 1.82) is 0 Å². The molecular formula is C4H5Cl3F3NO3S. The molecule has 1 N–H and O–H groups in total. The van der Waals surface area contributed by atoms with Gasteiger partial charge >= 0.3 is 15.5 Å². The van der Waals surface area contributed by atoms with Crippen molar-refractivity contribution in [3.05, 3.63) is 0 Å². The van der Waals surface area contributed by atoms with E-state index in [1.165, 1.54) is 0 Å². The minimum atomic E-state index is -5.62. The molecule has 0 heterocycles. The van der Waals surface area contributed by atoms with Crippen LogP contribution in [-0.4, -0.2) is 31.1 Å². The van der Waals surface area contributed by atoms with Crippen molar-refractivity contribution in [2.45, 2.75) is 15.5 Å². The van der Waals surface area contributed by atoms with Crippen LogP contribution in [0, 0.1) is 0 Å². The van der Waals surface area contributed by atoms with E-state index in [0.717, 1.165) is 11.8 Å². The van der Waals surface area contributed by atoms with E-state index >= 15 is 0 Å². The molecule has 0 amide bonds. The fourth-order valence-electron chi connectivity index (χ4n) is 0.456. The van der Waals surface area contributed by atoms with Gasteiger partial charge in [-0.25, -0.2) is 8.42 Å². The molecule has 92 valence electrons. The Bertz CT molecular complexity index is 311. The SMILES string of the molecule is COC(NS(=O)(=O)C(F)(F)F)C(Cl)(Cl)Cl. The number of hydrogen-bond acceptors (Lipinski definition) is 3. The fourth-order valence-corrected chi connectivity index (χ4v) is 1.77. The topological polar surface area (TPSA) is 55.4 Å². The van der Waals surface area contributed by atoms with Gasteiger partial charge < -0.3 is 4.74 Å². The maximum absolute atomic E-state index is 11.9. The summed E-state index contributed by atoms with van der Waals surface area (Å²) < 4.78 is 59.8. The molecule has 0 aromatic heterocycles. The quantitative estimate of drug-likeness (QED) is 0.638. The maximum atomic E-state index is 11.9. The molecular weight excluding hydrogens is 305 g/mol. The Hall–Kier alpha value is 0.530. The van der Waals surface area contributed by atoms with Crippen molar-refractivity contribution in [2.24, 2.45) is 0 Å². The van der Waals surface area contributed by atoms with Gasteiger partial charge in [0.1, 0.15) is 0 Å². The van der Waals surface area contributed by atoms with Crippen LogP contribution < -0.4 is 4.72 Å². The van der Waals surface area contributed by atoms with E-state index in [-0.39, 0.29) is 0 Å². The highest BCUT2D eigenvalue weighted by Gasteiger charge is 2.49. The summed E-state index contributed by atoms with van der Waals surface area (Å²) in [6, 6.07) is 0. The standard InChI is InChI=1S/C4H5Cl3F3NO3S/c1-14-2(3(5,6)7)11-15(12,13)4(8,9)10/h2,11H,1H3. The van der Waals surface area contributed by atoms with Crippen molar-refractivity contribution < 1.29 is 26.3 Å². The lowest BCUT2D eigenvalue weighted by atomic mass is 10.7. The second kappa shape index (κ2) is 4.80. The third kappa shape index (κ3) is 4.49. The fraction of sp³-hybridized carbons (Fsp3) is 1.00. The van der Waals surface area contributed by atoms with Crippen molar-refractivity contribution in [3.63, 3.8) is 0 Å². The molecule has 4 nitrogen and oxygen atoms in total. The second-order valence-electron chi connectivity index (χ2n) is 2.22. The zero-order valence-corrected chi connectivity index (χ0v) is 10.1. The number of halogens is 6. The van der Waals surface area contributed by atoms with Gasteiger partial charge in [0.2, 0.25) is 3.79 Å². The highest BCUT2D eigenvalue weighted by atomic mass is 35.6. The Morgan fingerprint density at radius 1 is 1.27 bits per heavy atom. The minimum Gasteiger partial charge on any atom is -0.361 e. The van der Waals surface area contributed by atoms with Gasteiger partial charge in [-0.05, 0) is 0 Å². The molecule has 0 aliphatic heterocycles. The lowest BCUT2D eigenvalue weighted by Gasteiger charge is -2.23. The molecule has 1 atom stereocenters. The number of methoxy groups -OCH3 is 1. The van der Waals surface area contributed by atoms with Crippen LogP contribution in [0.25, 0.3) is 0 Å². The van der Waals surface area contributed by atoms with E-state index in [4.69, 9.17) is 34.8 Å². The molecule has 0 aliphatic rings. The molecule has 0 bridgehead atoms. The van der Waals surface area contributed by atoms with Crippen molar-refractivity contribution >= 4 is 44.8 Å². The van der Waals surface area contributed by atoms with E-state index in [2.05, 4.69) is 4.74 Å². The summed E-state index contributed by atoms with van der Waals surface area (Å²) in [5.74, 6) is 0. The molecule has 11 heteroatoms. The normalized spacial score (nSPS) is 16.5. The van der Waals surface area contributed by atoms with Crippen molar-refractivity contribution in [1.82, 2.24) is 4.72 Å². The molecule has 0 fully saturated rings. The number of alkyl halides is 6. The first-order valence-electron chi connectivity index (χ1n) is 3.10. The zero-order chi connectivity index (χ0) is 12.5. The van der Waals surface area contributed by atoms with E-state index in [9.17, 15) is 21.6 Å². The van der Waals surface area contributed by atoms with E-state index in [0.29, 0.717) is 0 Å². The van der Waals surface area contributed by atoms with Gasteiger partial charge in [0.15, 0.2) is 6.23 Å². The predicted octanol–water partition coefficient (Wildman–Crippen LogP) is 1.77. The number of sulfonamides is 1. The van der Waals surface area contributed by atoms with Crippen LogP contribution in [0.5, 0.6) is 0 Å². The van der Waals surface area contributed by atoms with Gasteiger partial charge in [0.25, 0.3) is 0 Å². The molecule has 1 unspecified atom stereocenters. The molecule has 0 radical (unpaired) electrons. The van der Waals surface area contributed by atoms with Crippen LogP contribution in [0.2, 0.25) is 0 Å². The van der Waals surface area contributed by atoms with E-state index in [1.54, 1.807) is 0 Å². The Morgan fingerprint density at radius 3 is 1.87 bits per heavy atom. The van der Waals surface area contributed by atoms with E-state index < -0.39 is 25.6 Å². The summed E-state index contributed by atoms with van der Waals surface area (Å²) in [5.41, 5.74) is -5.50. The summed E-state index contributed by atoms with van der Waals surface area (Å²) in [5, 5.41) is 0. The second-order valence-corrected chi connectivity index (χ2v) is 6.30. The first-order valence-corrected chi connectivity index (χ1v) is 5.71. The summed E-state index contributed by atoms with van der Waals surface area (Å²) in [6.45, 7) is 0. The monoisotopic (exact) mass is 309 g/mol. The third-order valence-electron chi connectivity index (χ3n) is 1.10. The van der Waals surface area contributed by atoms with Gasteiger partial charge in [-0.2, -0.15) is 17.9 Å². The van der Waals surface area contributed by atoms with Crippen molar-refractivity contribution in [2.75, 3.05) is 7.11 Å². The molecule has 15 heavy (non-hydrogen) atoms. The predicted molar refractivity (Wildman–Crippen MR) is 49.2 cm³/mol. The summed E-state index contributed by atoms with van der Waals surface area (Å²) >= 11 is 15.5. The maximum Gasteiger partial charge on any atom is 0.511 e. The molecule has 0 saturated heterocycles. The van der Waals surface area contributed by atoms with Gasteiger partial charge in [-0.1, -0.05) is 34.8 Å². The van der Waals surface area contributed by atoms with Crippen LogP contribution >= 0.6 is 34.8 Å². The lowest BCUT2D eigenvalue weighted by Crippen LogP contribution is -2.49. The highest BCUT2D eigenvalue weighted by Crippen LogP contribution is 2.32. The first kappa shape index (κ1) is 15.5. The average molecular weight is 311 g/mol. The first-order chi connectivity index (χ1) is 6.42. The Labute approximate surface area is 98.7 Å². The molecule has 0 aromatic rings. The Kier molecular flexibility index (Phi) is 4.97. The van der Waals surface area contributed by atoms with Crippen LogP contribution in [0.15, 0.2) is 0 Å². The molecule has 0 aliphatic carbocycles. The smallest absolute Gasteiger partial charge is 0.361 e. The largest absolute Gasteiger partial charge is 0.511 e. The number of ether oxygens (including phenoxy) is 1. The van der Waals surface area contributed by atoms with Gasteiger partial charge in [-0.3, -0.25) is 0 Å². The Balaban J connectivity index is 4.88. The molecule has 0 rings (SSSR count). The Morgan fingerprint density at radius 2 is 1.67 bits per heavy atom. The average Bonchev–Trinajstić information content (AvgIpc) is 1.95. The lowest BCUT2D eigenvalue weighted by molar-refractivity contribution is -0.0470. The molecule has 0 aromatic carbocycles. The summed E-state index contributed by atoms with van der Waals surface area (Å²) in [4.78, 5) is 0. The van der Waals surface area contributed by atoms with E-state index in [1.807, 2.05) is 0 Å². The number of hydrogen-bond donors (Lipinski definition) is 1. The van der Waals surface area contributed by atoms with Crippen LogP contribution in [0.1, 0.15) is 0 Å². The van der Waals surface area contributed by atoms with Crippen molar-refractivity contribution in [3.8, 4) is 0 Å². The van der Waals surface area contributed by atoms with Crippen LogP contribution in [0.3, 0.4) is 0 Å². The minimum absolute atomic E-state index is 0.880. The van der Waals surface area contributed by atoms with Gasteiger partial charge in [0, 0.05) is 7.11 Å². The van der Waals surface area contributed by atoms with Crippen LogP contribution in [-0.2, 0) is 14.8 Å². The molecule has 0 spiro atoms.